The molecular weight excluding hydrogens is 485 g/mol. The number of hydrogen-bond donors (Lipinski definition) is 2. The largest absolute Gasteiger partial charge is 0.465 e. The summed E-state index contributed by atoms with van der Waals surface area (Å²) >= 11 is 0. The molecule has 2 aromatic carbocycles. The van der Waals surface area contributed by atoms with Gasteiger partial charge in [0, 0.05) is 18.6 Å². The maximum absolute atomic E-state index is 13.5. The van der Waals surface area contributed by atoms with Crippen molar-refractivity contribution in [3.63, 3.8) is 0 Å². The Morgan fingerprint density at radius 2 is 1.55 bits per heavy atom. The molecule has 0 atom stereocenters. The minimum Gasteiger partial charge on any atom is -0.465 e. The van der Waals surface area contributed by atoms with Crippen LogP contribution >= 0.6 is 0 Å². The summed E-state index contributed by atoms with van der Waals surface area (Å²) in [6.45, 7) is 3.82. The molecule has 1 amide bonds. The molecule has 2 N–H and O–H groups in total. The van der Waals surface area contributed by atoms with Crippen LogP contribution in [-0.2, 0) is 26.0 Å². The van der Waals surface area contributed by atoms with E-state index in [0.717, 1.165) is 4.90 Å². The van der Waals surface area contributed by atoms with E-state index in [1.165, 1.54) is 24.3 Å². The van der Waals surface area contributed by atoms with E-state index in [4.69, 9.17) is 0 Å². The second-order valence-corrected chi connectivity index (χ2v) is 11.7. The second-order valence-electron chi connectivity index (χ2n) is 7.98. The van der Waals surface area contributed by atoms with Gasteiger partial charge in [0.25, 0.3) is 0 Å². The molecule has 0 radical (unpaired) electrons. The molecule has 0 saturated carbocycles. The van der Waals surface area contributed by atoms with Crippen LogP contribution in [0, 0.1) is 0 Å². The molecule has 0 spiro atoms. The standard InChI is InChI=1S/C20H23F3N2O6S2/c1-19(2,3)25(18(26)27)12-11-24-33(30,31)17-13-15(9-10-16(17)20(21,22)23)32(28,29)14-7-5-4-6-8-14/h4-10,13,24H,11-12H2,1-3H3,(H,26,27). The number of rotatable bonds is 7. The normalized spacial score (nSPS) is 13.0. The zero-order valence-electron chi connectivity index (χ0n) is 17.9. The summed E-state index contributed by atoms with van der Waals surface area (Å²) in [6.07, 6.45) is -6.42. The molecule has 33 heavy (non-hydrogen) atoms. The van der Waals surface area contributed by atoms with E-state index in [2.05, 4.69) is 0 Å². The van der Waals surface area contributed by atoms with Crippen LogP contribution < -0.4 is 4.72 Å². The van der Waals surface area contributed by atoms with Gasteiger partial charge in [0.2, 0.25) is 19.9 Å². The number of carbonyl (C=O) groups is 1. The molecule has 0 aliphatic carbocycles. The van der Waals surface area contributed by atoms with Gasteiger partial charge in [0.1, 0.15) is 0 Å². The van der Waals surface area contributed by atoms with Gasteiger partial charge in [0.15, 0.2) is 0 Å². The van der Waals surface area contributed by atoms with Crippen LogP contribution in [0.3, 0.4) is 0 Å². The lowest BCUT2D eigenvalue weighted by Crippen LogP contribution is -2.48. The number of hydrogen-bond acceptors (Lipinski definition) is 5. The van der Waals surface area contributed by atoms with Crippen molar-refractivity contribution in [1.82, 2.24) is 9.62 Å². The van der Waals surface area contributed by atoms with Crippen molar-refractivity contribution < 1.29 is 39.9 Å². The number of benzene rings is 2. The van der Waals surface area contributed by atoms with E-state index >= 15 is 0 Å². The van der Waals surface area contributed by atoms with Gasteiger partial charge in [-0.25, -0.2) is 26.4 Å². The van der Waals surface area contributed by atoms with Crippen molar-refractivity contribution in [2.24, 2.45) is 0 Å². The molecule has 0 aliphatic rings. The summed E-state index contributed by atoms with van der Waals surface area (Å²) < 4.78 is 93.6. The fourth-order valence-electron chi connectivity index (χ4n) is 2.95. The lowest BCUT2D eigenvalue weighted by atomic mass is 10.1. The maximum Gasteiger partial charge on any atom is 0.417 e. The zero-order valence-corrected chi connectivity index (χ0v) is 19.6. The quantitative estimate of drug-likeness (QED) is 0.590. The van der Waals surface area contributed by atoms with Gasteiger partial charge in [-0.15, -0.1) is 0 Å². The Morgan fingerprint density at radius 3 is 2.03 bits per heavy atom. The van der Waals surface area contributed by atoms with E-state index < -0.39 is 59.6 Å². The van der Waals surface area contributed by atoms with Crippen LogP contribution in [0.5, 0.6) is 0 Å². The maximum atomic E-state index is 13.5. The Kier molecular flexibility index (Phi) is 7.51. The topological polar surface area (TPSA) is 121 Å². The van der Waals surface area contributed by atoms with E-state index in [0.29, 0.717) is 18.2 Å². The Labute approximate surface area is 190 Å². The number of nitrogens with zero attached hydrogens (tertiary/aromatic N) is 1. The number of nitrogens with one attached hydrogen (secondary N) is 1. The molecule has 0 unspecified atom stereocenters. The van der Waals surface area contributed by atoms with Crippen molar-refractivity contribution in [2.75, 3.05) is 13.1 Å². The third kappa shape index (κ3) is 6.24. The first kappa shape index (κ1) is 26.6. The van der Waals surface area contributed by atoms with Crippen LogP contribution in [0.25, 0.3) is 0 Å². The second kappa shape index (κ2) is 9.31. The highest BCUT2D eigenvalue weighted by Gasteiger charge is 2.38. The molecule has 2 aromatic rings. The van der Waals surface area contributed by atoms with Crippen molar-refractivity contribution >= 4 is 26.0 Å². The molecule has 0 aliphatic heterocycles. The molecule has 0 fully saturated rings. The summed E-state index contributed by atoms with van der Waals surface area (Å²) in [5.74, 6) is 0. The average molecular weight is 509 g/mol. The summed E-state index contributed by atoms with van der Waals surface area (Å²) in [7, 11) is -9.15. The van der Waals surface area contributed by atoms with Gasteiger partial charge in [-0.2, -0.15) is 13.2 Å². The fourth-order valence-corrected chi connectivity index (χ4v) is 5.60. The van der Waals surface area contributed by atoms with Gasteiger partial charge in [-0.1, -0.05) is 18.2 Å². The highest BCUT2D eigenvalue weighted by molar-refractivity contribution is 7.91. The molecule has 0 aromatic heterocycles. The van der Waals surface area contributed by atoms with Crippen LogP contribution in [0.1, 0.15) is 26.3 Å². The van der Waals surface area contributed by atoms with Gasteiger partial charge in [-0.05, 0) is 51.1 Å². The molecule has 0 saturated heterocycles. The smallest absolute Gasteiger partial charge is 0.417 e. The Hall–Kier alpha value is -2.64. The van der Waals surface area contributed by atoms with Crippen molar-refractivity contribution in [3.05, 3.63) is 54.1 Å². The minimum atomic E-state index is -5.09. The van der Waals surface area contributed by atoms with Crippen molar-refractivity contribution in [3.8, 4) is 0 Å². The number of alkyl halides is 3. The minimum absolute atomic E-state index is 0.219. The molecular formula is C20H23F3N2O6S2. The van der Waals surface area contributed by atoms with Crippen LogP contribution in [-0.4, -0.2) is 51.6 Å². The summed E-state index contributed by atoms with van der Waals surface area (Å²) in [6, 6.07) is 8.37. The lowest BCUT2D eigenvalue weighted by molar-refractivity contribution is -0.139. The van der Waals surface area contributed by atoms with Gasteiger partial charge in [-0.3, -0.25) is 0 Å². The Balaban J connectivity index is 2.48. The molecule has 8 nitrogen and oxygen atoms in total. The Bertz CT molecular complexity index is 1220. The number of sulfonamides is 1. The van der Waals surface area contributed by atoms with E-state index in [9.17, 15) is 39.9 Å². The number of amides is 1. The fraction of sp³-hybridized carbons (Fsp3) is 0.350. The molecule has 0 heterocycles. The number of carboxylic acid groups (broad SMARTS) is 1. The monoisotopic (exact) mass is 508 g/mol. The van der Waals surface area contributed by atoms with Gasteiger partial charge in [0.05, 0.1) is 20.2 Å². The average Bonchev–Trinajstić information content (AvgIpc) is 2.69. The third-order valence-corrected chi connectivity index (χ3v) is 7.85. The van der Waals surface area contributed by atoms with E-state index in [1.54, 1.807) is 26.8 Å². The molecule has 2 rings (SSSR count). The summed E-state index contributed by atoms with van der Waals surface area (Å²) in [5, 5.41) is 9.27. The van der Waals surface area contributed by atoms with Crippen molar-refractivity contribution in [1.29, 1.82) is 0 Å². The van der Waals surface area contributed by atoms with Crippen LogP contribution in [0.2, 0.25) is 0 Å². The predicted octanol–water partition coefficient (Wildman–Crippen LogP) is 3.60. The molecule has 0 bridgehead atoms. The number of halogens is 3. The molecule has 182 valence electrons. The first-order valence-electron chi connectivity index (χ1n) is 9.49. The van der Waals surface area contributed by atoms with E-state index in [-0.39, 0.29) is 11.4 Å². The van der Waals surface area contributed by atoms with Crippen LogP contribution in [0.15, 0.2) is 63.2 Å². The zero-order chi connectivity index (χ0) is 25.2. The van der Waals surface area contributed by atoms with Crippen molar-refractivity contribution in [2.45, 2.75) is 47.2 Å². The Morgan fingerprint density at radius 1 is 0.970 bits per heavy atom. The summed E-state index contributed by atoms with van der Waals surface area (Å²) in [5.41, 5.74) is -2.44. The van der Waals surface area contributed by atoms with Gasteiger partial charge >= 0.3 is 12.3 Å². The summed E-state index contributed by atoms with van der Waals surface area (Å²) in [4.78, 5) is 10.2. The number of sulfone groups is 1. The first-order valence-corrected chi connectivity index (χ1v) is 12.5. The first-order chi connectivity index (χ1) is 15.0. The highest BCUT2D eigenvalue weighted by atomic mass is 32.2. The van der Waals surface area contributed by atoms with E-state index in [1.807, 2.05) is 4.72 Å². The molecule has 13 heteroatoms. The predicted molar refractivity (Wildman–Crippen MR) is 113 cm³/mol. The SMILES string of the molecule is CC(C)(C)N(CCNS(=O)(=O)c1cc(S(=O)(=O)c2ccccc2)ccc1C(F)(F)F)C(=O)O. The third-order valence-electron chi connectivity index (χ3n) is 4.58. The van der Waals surface area contributed by atoms with Gasteiger partial charge < -0.3 is 10.0 Å². The lowest BCUT2D eigenvalue weighted by Gasteiger charge is -2.33. The highest BCUT2D eigenvalue weighted by Crippen LogP contribution is 2.36. The van der Waals surface area contributed by atoms with Crippen LogP contribution in [0.4, 0.5) is 18.0 Å².